The van der Waals surface area contributed by atoms with Crippen LogP contribution in [0.5, 0.6) is 0 Å². The fourth-order valence-electron chi connectivity index (χ4n) is 7.87. The second kappa shape index (κ2) is 6.24. The van der Waals surface area contributed by atoms with Gasteiger partial charge in [0.1, 0.15) is 0 Å². The molecule has 5 fully saturated rings. The molecule has 0 radical (unpaired) electrons. The lowest BCUT2D eigenvalue weighted by molar-refractivity contribution is -0.0895. The second-order valence-corrected chi connectivity index (χ2v) is 11.1. The summed E-state index contributed by atoms with van der Waals surface area (Å²) in [6.45, 7) is 4.94. The van der Waals surface area contributed by atoms with Crippen molar-refractivity contribution < 1.29 is 0 Å². The summed E-state index contributed by atoms with van der Waals surface area (Å²) in [5.41, 5.74) is 2.52. The Kier molecular flexibility index (Phi) is 4.22. The molecule has 0 aliphatic heterocycles. The van der Waals surface area contributed by atoms with Crippen LogP contribution < -0.4 is 5.32 Å². The molecule has 0 amide bonds. The first-order valence-electron chi connectivity index (χ1n) is 11.0. The molecule has 5 saturated carbocycles. The minimum Gasteiger partial charge on any atom is -0.311 e. The van der Waals surface area contributed by atoms with Crippen molar-refractivity contribution in [3.63, 3.8) is 0 Å². The zero-order chi connectivity index (χ0) is 17.9. The van der Waals surface area contributed by atoms with Crippen LogP contribution in [0.1, 0.15) is 77.2 Å². The Morgan fingerprint density at radius 2 is 1.69 bits per heavy atom. The molecule has 0 aromatic heterocycles. The maximum atomic E-state index is 6.19. The molecule has 1 nitrogen and oxygen atoms in total. The summed E-state index contributed by atoms with van der Waals surface area (Å²) in [6.07, 6.45) is 12.8. The van der Waals surface area contributed by atoms with Crippen molar-refractivity contribution in [2.75, 3.05) is 0 Å². The van der Waals surface area contributed by atoms with Crippen LogP contribution in [-0.2, 0) is 5.41 Å². The van der Waals surface area contributed by atoms with Gasteiger partial charge in [-0.2, -0.15) is 0 Å². The highest BCUT2D eigenvalue weighted by molar-refractivity contribution is 6.30. The third-order valence-electron chi connectivity index (χ3n) is 8.66. The van der Waals surface area contributed by atoms with Gasteiger partial charge in [-0.15, -0.1) is 0 Å². The Morgan fingerprint density at radius 1 is 1.00 bits per heavy atom. The molecule has 0 saturated heterocycles. The van der Waals surface area contributed by atoms with Crippen molar-refractivity contribution in [3.05, 3.63) is 34.9 Å². The number of hydrogen-bond acceptors (Lipinski definition) is 1. The molecule has 0 heterocycles. The van der Waals surface area contributed by atoms with E-state index in [0.717, 1.165) is 28.8 Å². The van der Waals surface area contributed by atoms with Crippen molar-refractivity contribution in [1.82, 2.24) is 5.32 Å². The largest absolute Gasteiger partial charge is 0.311 e. The number of hydrogen-bond donors (Lipinski definition) is 1. The summed E-state index contributed by atoms with van der Waals surface area (Å²) in [7, 11) is 0. The van der Waals surface area contributed by atoms with Crippen molar-refractivity contribution in [2.24, 2.45) is 23.2 Å². The van der Waals surface area contributed by atoms with Gasteiger partial charge in [-0.25, -0.2) is 0 Å². The number of halogens is 1. The van der Waals surface area contributed by atoms with Crippen LogP contribution in [-0.4, -0.2) is 12.1 Å². The molecule has 1 aromatic rings. The summed E-state index contributed by atoms with van der Waals surface area (Å²) < 4.78 is 0. The van der Waals surface area contributed by atoms with E-state index in [1.807, 2.05) is 0 Å². The summed E-state index contributed by atoms with van der Waals surface area (Å²) in [5, 5.41) is 5.00. The fourth-order valence-corrected chi connectivity index (χ4v) is 8.00. The van der Waals surface area contributed by atoms with Crippen molar-refractivity contribution in [3.8, 4) is 0 Å². The normalized spacial score (nSPS) is 45.2. The third kappa shape index (κ3) is 2.85. The molecule has 6 rings (SSSR count). The van der Waals surface area contributed by atoms with E-state index in [4.69, 9.17) is 11.6 Å². The first-order chi connectivity index (χ1) is 12.5. The minimum atomic E-state index is 0.424. The predicted octanol–water partition coefficient (Wildman–Crippen LogP) is 6.34. The van der Waals surface area contributed by atoms with Crippen molar-refractivity contribution in [1.29, 1.82) is 0 Å². The summed E-state index contributed by atoms with van der Waals surface area (Å²) in [4.78, 5) is 0. The van der Waals surface area contributed by atoms with Crippen LogP contribution in [0.2, 0.25) is 5.02 Å². The molecule has 4 bridgehead atoms. The Morgan fingerprint density at radius 3 is 2.31 bits per heavy atom. The Labute approximate surface area is 164 Å². The standard InChI is InChI=1S/C24H34ClN/c1-16-3-8-22(9-16)26-17(2)23-11-18-10-19(12-23)14-24(13-18,15-23)20-4-6-21(25)7-5-20/h4-7,16-19,22,26H,3,8-15H2,1-2H3/t16-,17-,18-,19-,22+,23?,24?/m1/s1. The molecule has 2 heteroatoms. The van der Waals surface area contributed by atoms with Gasteiger partial charge >= 0.3 is 0 Å². The average Bonchev–Trinajstić information content (AvgIpc) is 2.99. The van der Waals surface area contributed by atoms with Crippen LogP contribution in [0.3, 0.4) is 0 Å². The van der Waals surface area contributed by atoms with E-state index >= 15 is 0 Å². The molecule has 1 aromatic carbocycles. The molecular formula is C24H34ClN. The monoisotopic (exact) mass is 371 g/mol. The van der Waals surface area contributed by atoms with Gasteiger partial charge in [-0.05, 0) is 111 Å². The van der Waals surface area contributed by atoms with Gasteiger partial charge in [0.15, 0.2) is 0 Å². The van der Waals surface area contributed by atoms with Gasteiger partial charge in [0, 0.05) is 17.1 Å². The lowest BCUT2D eigenvalue weighted by Gasteiger charge is -2.64. The number of benzene rings is 1. The number of nitrogens with one attached hydrogen (secondary N) is 1. The smallest absolute Gasteiger partial charge is 0.0406 e. The SMILES string of the molecule is C[C@@H]1CC[C@H](N[C@H](C)C23C[C@H]4C[C@@H](CC(c5ccc(Cl)cc5)(C4)C2)C3)C1. The van der Waals surface area contributed by atoms with Crippen LogP contribution in [0.15, 0.2) is 24.3 Å². The van der Waals surface area contributed by atoms with Gasteiger partial charge in [0.05, 0.1) is 0 Å². The second-order valence-electron chi connectivity index (χ2n) is 10.6. The molecule has 0 unspecified atom stereocenters. The van der Waals surface area contributed by atoms with Crippen LogP contribution in [0.4, 0.5) is 0 Å². The minimum absolute atomic E-state index is 0.424. The topological polar surface area (TPSA) is 12.0 Å². The van der Waals surface area contributed by atoms with Crippen LogP contribution in [0.25, 0.3) is 0 Å². The lowest BCUT2D eigenvalue weighted by Crippen LogP contribution is -2.60. The third-order valence-corrected chi connectivity index (χ3v) is 8.91. The molecule has 0 spiro atoms. The van der Waals surface area contributed by atoms with E-state index in [1.165, 1.54) is 57.8 Å². The molecule has 1 N–H and O–H groups in total. The average molecular weight is 372 g/mol. The Balaban J connectivity index is 1.42. The van der Waals surface area contributed by atoms with E-state index in [-0.39, 0.29) is 0 Å². The zero-order valence-corrected chi connectivity index (χ0v) is 17.2. The zero-order valence-electron chi connectivity index (χ0n) is 16.4. The molecular weight excluding hydrogens is 338 g/mol. The molecule has 142 valence electrons. The van der Waals surface area contributed by atoms with Gasteiger partial charge in [0.25, 0.3) is 0 Å². The van der Waals surface area contributed by atoms with E-state index in [1.54, 1.807) is 5.56 Å². The Bertz CT molecular complexity index is 651. The predicted molar refractivity (Wildman–Crippen MR) is 110 cm³/mol. The van der Waals surface area contributed by atoms with Crippen molar-refractivity contribution in [2.45, 2.75) is 89.1 Å². The maximum Gasteiger partial charge on any atom is 0.0406 e. The molecule has 5 aliphatic carbocycles. The van der Waals surface area contributed by atoms with Gasteiger partial charge in [-0.3, -0.25) is 0 Å². The highest BCUT2D eigenvalue weighted by Crippen LogP contribution is 2.66. The van der Waals surface area contributed by atoms with E-state index in [0.29, 0.717) is 16.9 Å². The summed E-state index contributed by atoms with van der Waals surface area (Å²) in [6, 6.07) is 10.3. The van der Waals surface area contributed by atoms with E-state index in [9.17, 15) is 0 Å². The fraction of sp³-hybridized carbons (Fsp3) is 0.750. The van der Waals surface area contributed by atoms with Gasteiger partial charge < -0.3 is 5.32 Å². The van der Waals surface area contributed by atoms with Gasteiger partial charge in [-0.1, -0.05) is 30.7 Å². The first kappa shape index (κ1) is 17.6. The van der Waals surface area contributed by atoms with Crippen LogP contribution >= 0.6 is 11.6 Å². The quantitative estimate of drug-likeness (QED) is 0.650. The van der Waals surface area contributed by atoms with Crippen LogP contribution in [0, 0.1) is 23.2 Å². The summed E-state index contributed by atoms with van der Waals surface area (Å²) in [5.74, 6) is 2.80. The first-order valence-corrected chi connectivity index (χ1v) is 11.4. The molecule has 5 aliphatic rings. The lowest BCUT2D eigenvalue weighted by atomic mass is 9.41. The van der Waals surface area contributed by atoms with Gasteiger partial charge in [0.2, 0.25) is 0 Å². The summed E-state index contributed by atoms with van der Waals surface area (Å²) >= 11 is 6.19. The Hall–Kier alpha value is -0.530. The van der Waals surface area contributed by atoms with E-state index in [2.05, 4.69) is 43.4 Å². The number of rotatable bonds is 4. The molecule has 5 atom stereocenters. The molecule has 26 heavy (non-hydrogen) atoms. The van der Waals surface area contributed by atoms with E-state index < -0.39 is 0 Å². The maximum absolute atomic E-state index is 6.19. The highest BCUT2D eigenvalue weighted by Gasteiger charge is 2.59. The highest BCUT2D eigenvalue weighted by atomic mass is 35.5. The van der Waals surface area contributed by atoms with Crippen molar-refractivity contribution >= 4 is 11.6 Å².